The van der Waals surface area contributed by atoms with Gasteiger partial charge in [-0.1, -0.05) is 87.9 Å². The molecule has 0 heterocycles. The largest absolute Gasteiger partial charge is 0.489 e. The Labute approximate surface area is 228 Å². The predicted molar refractivity (Wildman–Crippen MR) is 157 cm³/mol. The lowest BCUT2D eigenvalue weighted by Gasteiger charge is -2.15. The third kappa shape index (κ3) is 8.32. The fraction of sp³-hybridized carbons (Fsp3) is 0.382. The Morgan fingerprint density at radius 1 is 0.816 bits per heavy atom. The van der Waals surface area contributed by atoms with Gasteiger partial charge in [0.25, 0.3) is 0 Å². The molecule has 38 heavy (non-hydrogen) atoms. The van der Waals surface area contributed by atoms with Gasteiger partial charge < -0.3 is 14.6 Å². The SMILES string of the molecule is C=C(C)C(=O)OCCOc1cc(CCCCC)ccc1-c1ccc(-c2ccc(CCCO)c(CC)c2)cc1. The molecule has 0 spiro atoms. The summed E-state index contributed by atoms with van der Waals surface area (Å²) in [6.45, 7) is 10.3. The third-order valence-corrected chi connectivity index (χ3v) is 6.76. The molecule has 4 heteroatoms. The zero-order valence-corrected chi connectivity index (χ0v) is 23.2. The van der Waals surface area contributed by atoms with E-state index in [4.69, 9.17) is 9.47 Å². The van der Waals surface area contributed by atoms with Gasteiger partial charge in [-0.05, 0) is 78.5 Å². The molecule has 4 nitrogen and oxygen atoms in total. The van der Waals surface area contributed by atoms with Crippen LogP contribution in [0.1, 0.15) is 63.1 Å². The van der Waals surface area contributed by atoms with Crippen LogP contribution in [0.15, 0.2) is 72.8 Å². The number of ether oxygens (including phenoxy) is 2. The van der Waals surface area contributed by atoms with Gasteiger partial charge >= 0.3 is 5.97 Å². The first-order valence-electron chi connectivity index (χ1n) is 13.9. The second-order valence-corrected chi connectivity index (χ2v) is 9.79. The zero-order chi connectivity index (χ0) is 27.3. The van der Waals surface area contributed by atoms with Crippen molar-refractivity contribution in [1.29, 1.82) is 0 Å². The fourth-order valence-corrected chi connectivity index (χ4v) is 4.56. The van der Waals surface area contributed by atoms with Crippen LogP contribution >= 0.6 is 0 Å². The lowest BCUT2D eigenvalue weighted by Crippen LogP contribution is -2.12. The van der Waals surface area contributed by atoms with Crippen LogP contribution in [0.5, 0.6) is 5.75 Å². The first-order valence-corrected chi connectivity index (χ1v) is 13.9. The van der Waals surface area contributed by atoms with Crippen LogP contribution in [0.25, 0.3) is 22.3 Å². The first kappa shape index (κ1) is 29.2. The molecule has 202 valence electrons. The van der Waals surface area contributed by atoms with Crippen molar-refractivity contribution in [2.75, 3.05) is 19.8 Å². The number of hydrogen-bond acceptors (Lipinski definition) is 4. The van der Waals surface area contributed by atoms with Crippen LogP contribution in [0.2, 0.25) is 0 Å². The number of carbonyl (C=O) groups excluding carboxylic acids is 1. The summed E-state index contributed by atoms with van der Waals surface area (Å²) in [6.07, 6.45) is 7.23. The minimum atomic E-state index is -0.398. The summed E-state index contributed by atoms with van der Waals surface area (Å²) in [7, 11) is 0. The molecule has 0 saturated carbocycles. The van der Waals surface area contributed by atoms with Crippen LogP contribution in [0.3, 0.4) is 0 Å². The van der Waals surface area contributed by atoms with Crippen molar-refractivity contribution in [1.82, 2.24) is 0 Å². The number of aliphatic hydroxyl groups is 1. The van der Waals surface area contributed by atoms with Crippen molar-refractivity contribution in [3.8, 4) is 28.0 Å². The van der Waals surface area contributed by atoms with Crippen molar-refractivity contribution >= 4 is 5.97 Å². The van der Waals surface area contributed by atoms with E-state index >= 15 is 0 Å². The topological polar surface area (TPSA) is 55.8 Å². The average Bonchev–Trinajstić information content (AvgIpc) is 2.94. The molecule has 0 aliphatic carbocycles. The molecule has 0 amide bonds. The fourth-order valence-electron chi connectivity index (χ4n) is 4.56. The van der Waals surface area contributed by atoms with Crippen LogP contribution in [-0.2, 0) is 28.8 Å². The number of rotatable bonds is 15. The highest BCUT2D eigenvalue weighted by atomic mass is 16.6. The van der Waals surface area contributed by atoms with Gasteiger partial charge in [0.15, 0.2) is 0 Å². The monoisotopic (exact) mass is 514 g/mol. The van der Waals surface area contributed by atoms with E-state index in [0.29, 0.717) is 5.57 Å². The normalized spacial score (nSPS) is 10.8. The quantitative estimate of drug-likeness (QED) is 0.128. The van der Waals surface area contributed by atoms with Crippen molar-refractivity contribution in [3.05, 3.63) is 89.5 Å². The number of unbranched alkanes of at least 4 members (excludes halogenated alkanes) is 2. The van der Waals surface area contributed by atoms with E-state index in [9.17, 15) is 9.90 Å². The Morgan fingerprint density at radius 2 is 1.55 bits per heavy atom. The maximum atomic E-state index is 11.7. The molecule has 0 aliphatic heterocycles. The molecule has 0 unspecified atom stereocenters. The third-order valence-electron chi connectivity index (χ3n) is 6.76. The second-order valence-electron chi connectivity index (χ2n) is 9.79. The molecule has 3 aromatic rings. The van der Waals surface area contributed by atoms with E-state index in [1.54, 1.807) is 6.92 Å². The Morgan fingerprint density at radius 3 is 2.24 bits per heavy atom. The summed E-state index contributed by atoms with van der Waals surface area (Å²) in [5.41, 5.74) is 8.76. The molecule has 0 aromatic heterocycles. The highest BCUT2D eigenvalue weighted by molar-refractivity contribution is 5.86. The number of esters is 1. The van der Waals surface area contributed by atoms with E-state index < -0.39 is 5.97 Å². The first-order chi connectivity index (χ1) is 18.5. The van der Waals surface area contributed by atoms with Crippen molar-refractivity contribution in [2.45, 2.75) is 65.7 Å². The lowest BCUT2D eigenvalue weighted by atomic mass is 9.94. The molecule has 0 aliphatic rings. The van der Waals surface area contributed by atoms with Crippen molar-refractivity contribution in [2.24, 2.45) is 0 Å². The molecule has 1 N–H and O–H groups in total. The number of aryl methyl sites for hydroxylation is 3. The van der Waals surface area contributed by atoms with Crippen LogP contribution in [0, 0.1) is 0 Å². The predicted octanol–water partition coefficient (Wildman–Crippen LogP) is 7.74. The van der Waals surface area contributed by atoms with Gasteiger partial charge in [-0.15, -0.1) is 0 Å². The molecule has 0 fully saturated rings. The average molecular weight is 515 g/mol. The number of aliphatic hydroxyl groups excluding tert-OH is 1. The summed E-state index contributed by atoms with van der Waals surface area (Å²) in [4.78, 5) is 11.7. The maximum Gasteiger partial charge on any atom is 0.333 e. The van der Waals surface area contributed by atoms with Crippen LogP contribution < -0.4 is 4.74 Å². The van der Waals surface area contributed by atoms with E-state index in [0.717, 1.165) is 49.0 Å². The summed E-state index contributed by atoms with van der Waals surface area (Å²) in [5.74, 6) is 0.407. The molecule has 0 atom stereocenters. The highest BCUT2D eigenvalue weighted by Gasteiger charge is 2.11. The van der Waals surface area contributed by atoms with E-state index in [-0.39, 0.29) is 19.8 Å². The zero-order valence-electron chi connectivity index (χ0n) is 23.2. The van der Waals surface area contributed by atoms with E-state index in [1.165, 1.54) is 40.7 Å². The Balaban J connectivity index is 1.81. The molecule has 0 radical (unpaired) electrons. The van der Waals surface area contributed by atoms with Crippen molar-refractivity contribution < 1.29 is 19.4 Å². The van der Waals surface area contributed by atoms with Gasteiger partial charge in [0.2, 0.25) is 0 Å². The Kier molecular flexibility index (Phi) is 11.6. The summed E-state index contributed by atoms with van der Waals surface area (Å²) in [5, 5.41) is 9.20. The Hall–Kier alpha value is -3.37. The summed E-state index contributed by atoms with van der Waals surface area (Å²) in [6, 6.07) is 21.7. The van der Waals surface area contributed by atoms with Crippen molar-refractivity contribution in [3.63, 3.8) is 0 Å². The molecule has 0 bridgehead atoms. The minimum Gasteiger partial charge on any atom is -0.489 e. The molecular formula is C34H42O4. The summed E-state index contributed by atoms with van der Waals surface area (Å²) >= 11 is 0. The van der Waals surface area contributed by atoms with Crippen LogP contribution in [0.4, 0.5) is 0 Å². The van der Waals surface area contributed by atoms with E-state index in [1.807, 2.05) is 0 Å². The van der Waals surface area contributed by atoms with Gasteiger partial charge in [0, 0.05) is 17.7 Å². The number of carbonyl (C=O) groups is 1. The maximum absolute atomic E-state index is 11.7. The van der Waals surface area contributed by atoms with Gasteiger partial charge in [-0.3, -0.25) is 0 Å². The number of hydrogen-bond donors (Lipinski definition) is 1. The highest BCUT2D eigenvalue weighted by Crippen LogP contribution is 2.33. The molecule has 0 saturated heterocycles. The Bertz CT molecular complexity index is 1190. The number of benzene rings is 3. The van der Waals surface area contributed by atoms with Crippen LogP contribution in [-0.4, -0.2) is 30.9 Å². The van der Waals surface area contributed by atoms with Gasteiger partial charge in [0.05, 0.1) is 0 Å². The molecule has 3 aromatic carbocycles. The van der Waals surface area contributed by atoms with E-state index in [2.05, 4.69) is 81.1 Å². The summed E-state index contributed by atoms with van der Waals surface area (Å²) < 4.78 is 11.4. The van der Waals surface area contributed by atoms with Gasteiger partial charge in [-0.25, -0.2) is 4.79 Å². The molecular weight excluding hydrogens is 472 g/mol. The minimum absolute atomic E-state index is 0.179. The van der Waals surface area contributed by atoms with Gasteiger partial charge in [0.1, 0.15) is 19.0 Å². The molecule has 3 rings (SSSR count). The standard InChI is InChI=1S/C34H42O4/c1-5-7-8-10-26-12-19-32(33(23-26)37-21-22-38-34(36)25(3)4)30-16-13-29(14-17-30)31-18-15-28(11-9-20-35)27(6-2)24-31/h12-19,23-24,35H,3,5-11,20-22H2,1-2,4H3. The lowest BCUT2D eigenvalue weighted by molar-refractivity contribution is -0.139. The second kappa shape index (κ2) is 15.1. The van der Waals surface area contributed by atoms with Gasteiger partial charge in [-0.2, -0.15) is 0 Å². The smallest absolute Gasteiger partial charge is 0.333 e.